The van der Waals surface area contributed by atoms with Crippen LogP contribution in [0.4, 0.5) is 5.69 Å². The Hall–Kier alpha value is -1.84. The minimum Gasteiger partial charge on any atom is -0.396 e. The fourth-order valence-corrected chi connectivity index (χ4v) is 1.12. The van der Waals surface area contributed by atoms with Crippen molar-refractivity contribution >= 4 is 5.69 Å². The van der Waals surface area contributed by atoms with Gasteiger partial charge in [-0.1, -0.05) is 0 Å². The number of aromatic nitrogens is 3. The molecule has 0 bridgehead atoms. The molecule has 2 aromatic heterocycles. The first-order valence-corrected chi connectivity index (χ1v) is 3.95. The Balaban J connectivity index is 2.41. The van der Waals surface area contributed by atoms with Crippen LogP contribution in [0.1, 0.15) is 0 Å². The highest BCUT2D eigenvalue weighted by Gasteiger charge is 2.00. The van der Waals surface area contributed by atoms with Gasteiger partial charge in [-0.05, 0) is 6.07 Å². The summed E-state index contributed by atoms with van der Waals surface area (Å²) in [6, 6.07) is 1.96. The Kier molecular flexibility index (Phi) is 1.73. The van der Waals surface area contributed by atoms with Crippen molar-refractivity contribution in [3.05, 3.63) is 30.9 Å². The van der Waals surface area contributed by atoms with E-state index >= 15 is 0 Å². The molecule has 0 aromatic carbocycles. The van der Waals surface area contributed by atoms with Crippen molar-refractivity contribution < 1.29 is 0 Å². The van der Waals surface area contributed by atoms with Crippen LogP contribution in [0.3, 0.4) is 0 Å². The van der Waals surface area contributed by atoms with E-state index in [1.54, 1.807) is 12.4 Å². The lowest BCUT2D eigenvalue weighted by Crippen LogP contribution is -1.91. The van der Waals surface area contributed by atoms with Crippen LogP contribution in [0.2, 0.25) is 0 Å². The highest BCUT2D eigenvalue weighted by Crippen LogP contribution is 2.13. The molecule has 0 radical (unpaired) electrons. The SMILES string of the molecule is Cn1ccc(-c2ncc(N)cn2)c1. The van der Waals surface area contributed by atoms with Gasteiger partial charge in [0.05, 0.1) is 18.1 Å². The van der Waals surface area contributed by atoms with Gasteiger partial charge in [-0.2, -0.15) is 0 Å². The van der Waals surface area contributed by atoms with Gasteiger partial charge in [0, 0.05) is 25.0 Å². The topological polar surface area (TPSA) is 56.7 Å². The predicted octanol–water partition coefficient (Wildman–Crippen LogP) is 1.06. The van der Waals surface area contributed by atoms with Gasteiger partial charge in [0.25, 0.3) is 0 Å². The van der Waals surface area contributed by atoms with Gasteiger partial charge < -0.3 is 10.3 Å². The van der Waals surface area contributed by atoms with Crippen molar-refractivity contribution in [3.63, 3.8) is 0 Å². The van der Waals surface area contributed by atoms with Crippen LogP contribution in [0.15, 0.2) is 30.9 Å². The van der Waals surface area contributed by atoms with Crippen LogP contribution < -0.4 is 5.73 Å². The maximum atomic E-state index is 5.48. The summed E-state index contributed by atoms with van der Waals surface area (Å²) in [6.45, 7) is 0. The second kappa shape index (κ2) is 2.90. The monoisotopic (exact) mass is 174 g/mol. The van der Waals surface area contributed by atoms with Gasteiger partial charge in [0.15, 0.2) is 5.82 Å². The number of nitrogens with two attached hydrogens (primary N) is 1. The van der Waals surface area contributed by atoms with E-state index in [1.165, 1.54) is 0 Å². The lowest BCUT2D eigenvalue weighted by Gasteiger charge is -1.95. The summed E-state index contributed by atoms with van der Waals surface area (Å²) in [6.07, 6.45) is 7.13. The van der Waals surface area contributed by atoms with Crippen molar-refractivity contribution in [3.8, 4) is 11.4 Å². The van der Waals surface area contributed by atoms with Gasteiger partial charge >= 0.3 is 0 Å². The smallest absolute Gasteiger partial charge is 0.160 e. The molecule has 4 heteroatoms. The highest BCUT2D eigenvalue weighted by molar-refractivity contribution is 5.54. The van der Waals surface area contributed by atoms with E-state index in [-0.39, 0.29) is 0 Å². The minimum atomic E-state index is 0.583. The largest absolute Gasteiger partial charge is 0.396 e. The minimum absolute atomic E-state index is 0.583. The molecule has 66 valence electrons. The number of anilines is 1. The number of aryl methyl sites for hydroxylation is 1. The summed E-state index contributed by atoms with van der Waals surface area (Å²) in [4.78, 5) is 8.22. The highest BCUT2D eigenvalue weighted by atomic mass is 14.9. The lowest BCUT2D eigenvalue weighted by atomic mass is 10.3. The summed E-state index contributed by atoms with van der Waals surface area (Å²) in [7, 11) is 1.96. The number of hydrogen-bond acceptors (Lipinski definition) is 3. The molecule has 0 atom stereocenters. The van der Waals surface area contributed by atoms with Crippen LogP contribution in [-0.2, 0) is 7.05 Å². The standard InChI is InChI=1S/C9H10N4/c1-13-3-2-7(6-13)9-11-4-8(10)5-12-9/h2-6H,10H2,1H3. The van der Waals surface area contributed by atoms with Crippen molar-refractivity contribution in [2.75, 3.05) is 5.73 Å². The first-order valence-electron chi connectivity index (χ1n) is 3.95. The van der Waals surface area contributed by atoms with Crippen LogP contribution in [0.5, 0.6) is 0 Å². The summed E-state index contributed by atoms with van der Waals surface area (Å²) in [5, 5.41) is 0. The van der Waals surface area contributed by atoms with Gasteiger partial charge in [0.2, 0.25) is 0 Å². The second-order valence-electron chi connectivity index (χ2n) is 2.91. The zero-order valence-electron chi connectivity index (χ0n) is 7.31. The summed E-state index contributed by atoms with van der Waals surface area (Å²) >= 11 is 0. The van der Waals surface area contributed by atoms with Gasteiger partial charge in [-0.3, -0.25) is 0 Å². The van der Waals surface area contributed by atoms with E-state index in [4.69, 9.17) is 5.73 Å². The molecule has 4 nitrogen and oxygen atoms in total. The number of nitrogen functional groups attached to an aromatic ring is 1. The third kappa shape index (κ3) is 1.51. The summed E-state index contributed by atoms with van der Waals surface area (Å²) in [5.41, 5.74) is 7.07. The average molecular weight is 174 g/mol. The molecule has 2 heterocycles. The van der Waals surface area contributed by atoms with Crippen LogP contribution in [0.25, 0.3) is 11.4 Å². The quantitative estimate of drug-likeness (QED) is 0.703. The number of nitrogens with zero attached hydrogens (tertiary/aromatic N) is 3. The zero-order valence-corrected chi connectivity index (χ0v) is 7.31. The Bertz CT molecular complexity index is 402. The first-order chi connectivity index (χ1) is 6.25. The molecule has 2 rings (SSSR count). The normalized spacial score (nSPS) is 10.2. The molecule has 13 heavy (non-hydrogen) atoms. The van der Waals surface area contributed by atoms with E-state index in [0.29, 0.717) is 11.5 Å². The molecule has 0 fully saturated rings. The molecule has 0 amide bonds. The second-order valence-corrected chi connectivity index (χ2v) is 2.91. The van der Waals surface area contributed by atoms with E-state index in [1.807, 2.05) is 30.1 Å². The van der Waals surface area contributed by atoms with E-state index in [0.717, 1.165) is 5.56 Å². The van der Waals surface area contributed by atoms with E-state index in [2.05, 4.69) is 9.97 Å². The molecule has 0 aliphatic heterocycles. The fraction of sp³-hybridized carbons (Fsp3) is 0.111. The fourth-order valence-electron chi connectivity index (χ4n) is 1.12. The Morgan fingerprint density at radius 1 is 1.31 bits per heavy atom. The summed E-state index contributed by atoms with van der Waals surface area (Å²) < 4.78 is 1.95. The Labute approximate surface area is 76.1 Å². The molecule has 0 unspecified atom stereocenters. The first kappa shape index (κ1) is 7.79. The van der Waals surface area contributed by atoms with Gasteiger partial charge in [-0.15, -0.1) is 0 Å². The van der Waals surface area contributed by atoms with Crippen molar-refractivity contribution in [2.45, 2.75) is 0 Å². The maximum absolute atomic E-state index is 5.48. The van der Waals surface area contributed by atoms with Crippen molar-refractivity contribution in [1.82, 2.24) is 14.5 Å². The molecular weight excluding hydrogens is 164 g/mol. The summed E-state index contributed by atoms with van der Waals surface area (Å²) in [5.74, 6) is 0.704. The van der Waals surface area contributed by atoms with E-state index < -0.39 is 0 Å². The molecule has 0 aliphatic carbocycles. The van der Waals surface area contributed by atoms with Gasteiger partial charge in [0.1, 0.15) is 0 Å². The van der Waals surface area contributed by atoms with Crippen molar-refractivity contribution in [2.24, 2.45) is 7.05 Å². The number of rotatable bonds is 1. The van der Waals surface area contributed by atoms with E-state index in [9.17, 15) is 0 Å². The third-order valence-corrected chi connectivity index (χ3v) is 1.76. The average Bonchev–Trinajstić information content (AvgIpc) is 2.53. The van der Waals surface area contributed by atoms with Crippen LogP contribution >= 0.6 is 0 Å². The zero-order chi connectivity index (χ0) is 9.26. The molecule has 0 saturated carbocycles. The van der Waals surface area contributed by atoms with Crippen molar-refractivity contribution in [1.29, 1.82) is 0 Å². The Morgan fingerprint density at radius 3 is 2.54 bits per heavy atom. The molecule has 2 N–H and O–H groups in total. The predicted molar refractivity (Wildman–Crippen MR) is 50.9 cm³/mol. The third-order valence-electron chi connectivity index (χ3n) is 1.76. The maximum Gasteiger partial charge on any atom is 0.160 e. The molecular formula is C9H10N4. The molecule has 2 aromatic rings. The number of hydrogen-bond donors (Lipinski definition) is 1. The lowest BCUT2D eigenvalue weighted by molar-refractivity contribution is 0.927. The van der Waals surface area contributed by atoms with Crippen LogP contribution in [0, 0.1) is 0 Å². The van der Waals surface area contributed by atoms with Crippen LogP contribution in [-0.4, -0.2) is 14.5 Å². The van der Waals surface area contributed by atoms with Gasteiger partial charge in [-0.25, -0.2) is 9.97 Å². The molecule has 0 spiro atoms. The molecule has 0 aliphatic rings. The Morgan fingerprint density at radius 2 is 2.00 bits per heavy atom. The molecule has 0 saturated heterocycles.